The van der Waals surface area contributed by atoms with Crippen molar-refractivity contribution in [2.75, 3.05) is 0 Å². The zero-order chi connectivity index (χ0) is 27.3. The Kier molecular flexibility index (Phi) is 7.91. The Morgan fingerprint density at radius 2 is 0.857 bits per heavy atom. The lowest BCUT2D eigenvalue weighted by molar-refractivity contribution is -0.121. The van der Waals surface area contributed by atoms with Crippen LogP contribution in [0, 0.1) is 27.7 Å². The molecule has 3 heteroatoms. The summed E-state index contributed by atoms with van der Waals surface area (Å²) in [5.41, 5.74) is 7.42. The average molecular weight is 483 g/mol. The Hall–Kier alpha value is -2.00. The van der Waals surface area contributed by atoms with Crippen LogP contribution < -0.4 is 0 Å². The van der Waals surface area contributed by atoms with Crippen LogP contribution in [0.25, 0.3) is 0 Å². The topological polar surface area (TPSA) is 49.7 Å². The quantitative estimate of drug-likeness (QED) is 0.435. The van der Waals surface area contributed by atoms with Crippen molar-refractivity contribution in [3.05, 3.63) is 56.6 Å². The maximum atomic E-state index is 11.0. The molecule has 0 aliphatic heterocycles. The summed E-state index contributed by atoms with van der Waals surface area (Å²) in [6.45, 7) is 29.6. The molecule has 0 aliphatic carbocycles. The van der Waals surface area contributed by atoms with Gasteiger partial charge in [-0.15, -0.1) is 0 Å². The Morgan fingerprint density at radius 1 is 0.571 bits per heavy atom. The number of aromatic hydroxyl groups is 2. The van der Waals surface area contributed by atoms with Gasteiger partial charge < -0.3 is 14.9 Å². The van der Waals surface area contributed by atoms with Gasteiger partial charge in [0.15, 0.2) is 0 Å². The van der Waals surface area contributed by atoms with Crippen LogP contribution >= 0.6 is 0 Å². The lowest BCUT2D eigenvalue weighted by Gasteiger charge is -2.38. The minimum atomic E-state index is -0.441. The van der Waals surface area contributed by atoms with E-state index in [0.29, 0.717) is 24.3 Å². The third-order valence-electron chi connectivity index (χ3n) is 7.17. The molecule has 196 valence electrons. The van der Waals surface area contributed by atoms with Crippen LogP contribution in [-0.4, -0.2) is 21.4 Å². The summed E-state index contributed by atoms with van der Waals surface area (Å²) in [6.07, 6.45) is 1.41. The molecule has 0 spiro atoms. The van der Waals surface area contributed by atoms with Crippen LogP contribution in [0.5, 0.6) is 11.5 Å². The number of hydrogen-bond donors (Lipinski definition) is 2. The maximum absolute atomic E-state index is 11.0. The molecule has 0 aromatic heterocycles. The molecule has 0 atom stereocenters. The van der Waals surface area contributed by atoms with Gasteiger partial charge in [0.1, 0.15) is 11.5 Å². The molecule has 0 fully saturated rings. The lowest BCUT2D eigenvalue weighted by Crippen LogP contribution is -2.40. The van der Waals surface area contributed by atoms with Gasteiger partial charge in [-0.05, 0) is 111 Å². The van der Waals surface area contributed by atoms with Crippen molar-refractivity contribution in [3.8, 4) is 11.5 Å². The molecule has 2 rings (SSSR count). The maximum Gasteiger partial charge on any atom is 0.122 e. The Morgan fingerprint density at radius 3 is 1.11 bits per heavy atom. The Labute approximate surface area is 214 Å². The first kappa shape index (κ1) is 29.2. The predicted molar refractivity (Wildman–Crippen MR) is 149 cm³/mol. The molecule has 0 radical (unpaired) electrons. The second-order valence-corrected chi connectivity index (χ2v) is 13.9. The lowest BCUT2D eigenvalue weighted by atomic mass is 9.80. The SMILES string of the molecule is Cc1cc(C(C)(C)C)c(O)c(C)c1CC(C)(C)OC(C)(C)Cc1c(C)cc(C(C)(C)C)c(O)c1C. The van der Waals surface area contributed by atoms with Crippen LogP contribution in [0.15, 0.2) is 12.1 Å². The molecule has 0 saturated carbocycles. The molecule has 0 aliphatic rings. The molecule has 0 heterocycles. The van der Waals surface area contributed by atoms with Crippen molar-refractivity contribution < 1.29 is 14.9 Å². The summed E-state index contributed by atoms with van der Waals surface area (Å²) < 4.78 is 6.76. The number of phenolic OH excluding ortho intramolecular Hbond substituents is 2. The summed E-state index contributed by atoms with van der Waals surface area (Å²) in [6, 6.07) is 4.26. The van der Waals surface area contributed by atoms with E-state index in [0.717, 1.165) is 33.4 Å². The Bertz CT molecular complexity index is 1000. The third-order valence-corrected chi connectivity index (χ3v) is 7.17. The van der Waals surface area contributed by atoms with E-state index in [1.165, 1.54) is 11.1 Å². The normalized spacial score (nSPS) is 13.4. The van der Waals surface area contributed by atoms with Gasteiger partial charge in [0, 0.05) is 12.8 Å². The highest BCUT2D eigenvalue weighted by Gasteiger charge is 2.33. The largest absolute Gasteiger partial charge is 0.507 e. The van der Waals surface area contributed by atoms with E-state index >= 15 is 0 Å². The first-order valence-corrected chi connectivity index (χ1v) is 12.9. The molecule has 0 bridgehead atoms. The number of hydrogen-bond acceptors (Lipinski definition) is 3. The molecule has 0 amide bonds. The number of aryl methyl sites for hydroxylation is 2. The van der Waals surface area contributed by atoms with Gasteiger partial charge in [0.25, 0.3) is 0 Å². The first-order chi connectivity index (χ1) is 15.6. The van der Waals surface area contributed by atoms with Crippen LogP contribution in [0.1, 0.15) is 114 Å². The number of phenols is 2. The number of rotatable bonds is 6. The van der Waals surface area contributed by atoms with Crippen LogP contribution in [0.3, 0.4) is 0 Å². The van der Waals surface area contributed by atoms with E-state index in [2.05, 4.69) is 95.2 Å². The number of ether oxygens (including phenoxy) is 1. The third kappa shape index (κ3) is 6.61. The van der Waals surface area contributed by atoms with Crippen LogP contribution in [-0.2, 0) is 28.4 Å². The molecule has 35 heavy (non-hydrogen) atoms. The van der Waals surface area contributed by atoms with E-state index < -0.39 is 11.2 Å². The fraction of sp³-hybridized carbons (Fsp3) is 0.625. The van der Waals surface area contributed by atoms with Crippen molar-refractivity contribution in [2.45, 2.75) is 132 Å². The van der Waals surface area contributed by atoms with E-state index in [4.69, 9.17) is 4.74 Å². The summed E-state index contributed by atoms with van der Waals surface area (Å²) in [4.78, 5) is 0. The minimum absolute atomic E-state index is 0.115. The van der Waals surface area contributed by atoms with E-state index in [1.54, 1.807) is 0 Å². The standard InChI is InChI=1S/C32H50O3/c1-19-15-25(29(5,6)7)27(33)21(3)23(19)17-31(11,12)35-32(13,14)18-24-20(2)16-26(30(8,9)10)28(34)22(24)4/h15-16,33-34H,17-18H2,1-14H3. The van der Waals surface area contributed by atoms with E-state index in [-0.39, 0.29) is 10.8 Å². The van der Waals surface area contributed by atoms with Crippen LogP contribution in [0.4, 0.5) is 0 Å². The molecular formula is C32H50O3. The van der Waals surface area contributed by atoms with Crippen molar-refractivity contribution in [3.63, 3.8) is 0 Å². The highest BCUT2D eigenvalue weighted by Crippen LogP contribution is 2.40. The molecule has 2 N–H and O–H groups in total. The predicted octanol–water partition coefficient (Wildman–Crippen LogP) is 8.29. The summed E-state index contributed by atoms with van der Waals surface area (Å²) in [5, 5.41) is 21.9. The fourth-order valence-electron chi connectivity index (χ4n) is 5.38. The Balaban J connectivity index is 2.36. The van der Waals surface area contributed by atoms with Gasteiger partial charge in [0.2, 0.25) is 0 Å². The molecule has 0 unspecified atom stereocenters. The molecule has 3 nitrogen and oxygen atoms in total. The zero-order valence-corrected chi connectivity index (χ0v) is 24.9. The summed E-state index contributed by atoms with van der Waals surface area (Å²) >= 11 is 0. The summed E-state index contributed by atoms with van der Waals surface area (Å²) in [7, 11) is 0. The monoisotopic (exact) mass is 482 g/mol. The minimum Gasteiger partial charge on any atom is -0.507 e. The molecular weight excluding hydrogens is 432 g/mol. The first-order valence-electron chi connectivity index (χ1n) is 12.9. The second-order valence-electron chi connectivity index (χ2n) is 13.9. The molecule has 2 aromatic rings. The van der Waals surface area contributed by atoms with Crippen molar-refractivity contribution in [2.24, 2.45) is 0 Å². The van der Waals surface area contributed by atoms with Gasteiger partial charge in [-0.25, -0.2) is 0 Å². The van der Waals surface area contributed by atoms with E-state index in [1.807, 2.05) is 13.8 Å². The highest BCUT2D eigenvalue weighted by molar-refractivity contribution is 5.53. The second kappa shape index (κ2) is 9.47. The van der Waals surface area contributed by atoms with Gasteiger partial charge in [-0.1, -0.05) is 53.7 Å². The zero-order valence-electron chi connectivity index (χ0n) is 24.9. The summed E-state index contributed by atoms with van der Waals surface area (Å²) in [5.74, 6) is 0.794. The van der Waals surface area contributed by atoms with Gasteiger partial charge in [-0.3, -0.25) is 0 Å². The van der Waals surface area contributed by atoms with Gasteiger partial charge in [-0.2, -0.15) is 0 Å². The highest BCUT2D eigenvalue weighted by atomic mass is 16.5. The van der Waals surface area contributed by atoms with Gasteiger partial charge >= 0.3 is 0 Å². The average Bonchev–Trinajstić information content (AvgIpc) is 2.65. The molecule has 2 aromatic carbocycles. The van der Waals surface area contributed by atoms with Crippen molar-refractivity contribution >= 4 is 0 Å². The smallest absolute Gasteiger partial charge is 0.122 e. The van der Waals surface area contributed by atoms with Crippen molar-refractivity contribution in [1.82, 2.24) is 0 Å². The fourth-order valence-corrected chi connectivity index (χ4v) is 5.38. The van der Waals surface area contributed by atoms with Crippen molar-refractivity contribution in [1.29, 1.82) is 0 Å². The van der Waals surface area contributed by atoms with E-state index in [9.17, 15) is 10.2 Å². The van der Waals surface area contributed by atoms with Crippen LogP contribution in [0.2, 0.25) is 0 Å². The molecule has 0 saturated heterocycles. The van der Waals surface area contributed by atoms with Gasteiger partial charge in [0.05, 0.1) is 11.2 Å². The number of benzene rings is 2.